The number of rotatable bonds is 10. The van der Waals surface area contributed by atoms with Gasteiger partial charge in [0.1, 0.15) is 5.75 Å². The lowest BCUT2D eigenvalue weighted by Crippen LogP contribution is -2.19. The molecule has 2 N–H and O–H groups in total. The minimum atomic E-state index is -4.44. The summed E-state index contributed by atoms with van der Waals surface area (Å²) in [6.45, 7) is 9.83. The van der Waals surface area contributed by atoms with Crippen LogP contribution >= 0.6 is 0 Å². The molecule has 2 atom stereocenters. The zero-order chi connectivity index (χ0) is 23.4. The number of nitrogens with two attached hydrogens (primary N) is 1. The smallest absolute Gasteiger partial charge is 0.416 e. The first kappa shape index (κ1) is 26.3. The van der Waals surface area contributed by atoms with Crippen molar-refractivity contribution in [1.82, 2.24) is 0 Å². The molecule has 0 radical (unpaired) electrons. The highest BCUT2D eigenvalue weighted by atomic mass is 19.4. The maximum Gasteiger partial charge on any atom is 0.416 e. The predicted molar refractivity (Wildman–Crippen MR) is 123 cm³/mol. The number of nitrogens with zero attached hydrogens (tertiary/aromatic N) is 1. The van der Waals surface area contributed by atoms with Gasteiger partial charge in [-0.2, -0.15) is 13.2 Å². The molecule has 0 aliphatic heterocycles. The highest BCUT2D eigenvalue weighted by molar-refractivity contribution is 6.01. The van der Waals surface area contributed by atoms with Crippen molar-refractivity contribution >= 4 is 5.71 Å². The summed E-state index contributed by atoms with van der Waals surface area (Å²) in [6, 6.07) is 3.28. The fraction of sp³-hybridized carbons (Fsp3) is 0.400. The minimum absolute atomic E-state index is 0.0634. The van der Waals surface area contributed by atoms with Crippen LogP contribution in [0, 0.1) is 5.92 Å². The van der Waals surface area contributed by atoms with E-state index in [9.17, 15) is 13.2 Å². The average Bonchev–Trinajstić information content (AvgIpc) is 2.72. The summed E-state index contributed by atoms with van der Waals surface area (Å²) in [5.74, 6) is 0.237. The number of allylic oxidation sites excluding steroid dienone is 4. The molecule has 6 heteroatoms. The van der Waals surface area contributed by atoms with Crippen molar-refractivity contribution in [3.63, 3.8) is 0 Å². The first-order chi connectivity index (χ1) is 14.7. The molecule has 3 nitrogen and oxygen atoms in total. The Morgan fingerprint density at radius 3 is 2.52 bits per heavy atom. The molecule has 0 aromatic heterocycles. The van der Waals surface area contributed by atoms with Gasteiger partial charge in [0.2, 0.25) is 0 Å². The van der Waals surface area contributed by atoms with Crippen LogP contribution in [0.25, 0.3) is 0 Å². The number of benzene rings is 1. The molecule has 0 amide bonds. The van der Waals surface area contributed by atoms with E-state index in [1.54, 1.807) is 19.9 Å². The Labute approximate surface area is 183 Å². The quantitative estimate of drug-likeness (QED) is 0.248. The highest BCUT2D eigenvalue weighted by Crippen LogP contribution is 2.34. The number of aliphatic imine (C=N–C) groups is 1. The summed E-state index contributed by atoms with van der Waals surface area (Å²) < 4.78 is 45.0. The number of hydrogen-bond donors (Lipinski definition) is 1. The molecule has 0 spiro atoms. The summed E-state index contributed by atoms with van der Waals surface area (Å²) in [7, 11) is 0. The average molecular weight is 435 g/mol. The van der Waals surface area contributed by atoms with Crippen molar-refractivity contribution in [3.05, 3.63) is 77.6 Å². The van der Waals surface area contributed by atoms with E-state index in [0.29, 0.717) is 11.3 Å². The molecular formula is C25H33F3N2O. The second-order valence-corrected chi connectivity index (χ2v) is 7.05. The molecule has 0 heterocycles. The fourth-order valence-corrected chi connectivity index (χ4v) is 3.11. The van der Waals surface area contributed by atoms with Crippen LogP contribution in [0.4, 0.5) is 13.2 Å². The van der Waals surface area contributed by atoms with E-state index < -0.39 is 11.7 Å². The first-order valence-corrected chi connectivity index (χ1v) is 10.5. The van der Waals surface area contributed by atoms with Crippen molar-refractivity contribution in [2.24, 2.45) is 16.6 Å². The lowest BCUT2D eigenvalue weighted by atomic mass is 9.92. The van der Waals surface area contributed by atoms with E-state index in [1.807, 2.05) is 25.2 Å². The number of hydrogen-bond acceptors (Lipinski definition) is 3. The minimum Gasteiger partial charge on any atom is -0.493 e. The van der Waals surface area contributed by atoms with Gasteiger partial charge in [-0.25, -0.2) is 0 Å². The topological polar surface area (TPSA) is 47.6 Å². The van der Waals surface area contributed by atoms with Crippen LogP contribution in [0.2, 0.25) is 0 Å². The third-order valence-electron chi connectivity index (χ3n) is 4.61. The molecule has 0 saturated carbocycles. The number of alkyl halides is 3. The summed E-state index contributed by atoms with van der Waals surface area (Å²) in [5, 5.41) is 0. The molecule has 31 heavy (non-hydrogen) atoms. The lowest BCUT2D eigenvalue weighted by molar-refractivity contribution is -0.137. The maximum atomic E-state index is 13.2. The second kappa shape index (κ2) is 12.8. The van der Waals surface area contributed by atoms with E-state index in [2.05, 4.69) is 26.0 Å². The third kappa shape index (κ3) is 8.12. The van der Waals surface area contributed by atoms with Crippen LogP contribution in [0.15, 0.2) is 71.4 Å². The normalized spacial score (nSPS) is 15.9. The van der Waals surface area contributed by atoms with Crippen molar-refractivity contribution in [1.29, 1.82) is 0 Å². The van der Waals surface area contributed by atoms with E-state index in [-0.39, 0.29) is 24.3 Å². The Kier molecular flexibility index (Phi) is 10.9. The summed E-state index contributed by atoms with van der Waals surface area (Å²) in [6.07, 6.45) is 9.63. The van der Waals surface area contributed by atoms with E-state index in [0.717, 1.165) is 24.1 Å². The van der Waals surface area contributed by atoms with Crippen LogP contribution < -0.4 is 10.5 Å². The molecule has 170 valence electrons. The second-order valence-electron chi connectivity index (χ2n) is 7.05. The first-order valence-electron chi connectivity index (χ1n) is 10.5. The molecule has 1 aromatic rings. The molecular weight excluding hydrogens is 401 g/mol. The van der Waals surface area contributed by atoms with Gasteiger partial charge in [-0.1, -0.05) is 44.2 Å². The Morgan fingerprint density at radius 2 is 1.97 bits per heavy atom. The van der Waals surface area contributed by atoms with E-state index in [4.69, 9.17) is 15.5 Å². The molecule has 0 aliphatic carbocycles. The number of ether oxygens (including phenoxy) is 1. The third-order valence-corrected chi connectivity index (χ3v) is 4.61. The fourth-order valence-electron chi connectivity index (χ4n) is 3.11. The monoisotopic (exact) mass is 434 g/mol. The molecule has 2 unspecified atom stereocenters. The molecule has 1 rings (SSSR count). The summed E-state index contributed by atoms with van der Waals surface area (Å²) >= 11 is 0. The Morgan fingerprint density at radius 1 is 1.26 bits per heavy atom. The van der Waals surface area contributed by atoms with Gasteiger partial charge in [0, 0.05) is 17.2 Å². The molecule has 0 fully saturated rings. The van der Waals surface area contributed by atoms with E-state index in [1.165, 1.54) is 12.3 Å². The van der Waals surface area contributed by atoms with Gasteiger partial charge >= 0.3 is 6.18 Å². The van der Waals surface area contributed by atoms with Crippen molar-refractivity contribution in [2.45, 2.75) is 53.3 Å². The SMILES string of the molecule is C\C=C/C(=C\C=C\N)C(N=C(C)c1ccc(C(F)(F)F)cc1OCC)C(C)/C=C/CC. The van der Waals surface area contributed by atoms with Crippen LogP contribution in [0.5, 0.6) is 5.75 Å². The van der Waals surface area contributed by atoms with Gasteiger partial charge < -0.3 is 10.5 Å². The lowest BCUT2D eigenvalue weighted by Gasteiger charge is -2.21. The zero-order valence-electron chi connectivity index (χ0n) is 18.9. The van der Waals surface area contributed by atoms with Gasteiger partial charge in [0.25, 0.3) is 0 Å². The molecule has 0 bridgehead atoms. The van der Waals surface area contributed by atoms with Gasteiger partial charge in [-0.05, 0) is 63.2 Å². The Bertz CT molecular complexity index is 849. The van der Waals surface area contributed by atoms with Crippen molar-refractivity contribution < 1.29 is 17.9 Å². The van der Waals surface area contributed by atoms with E-state index >= 15 is 0 Å². The van der Waals surface area contributed by atoms with Gasteiger partial charge in [0.15, 0.2) is 0 Å². The zero-order valence-corrected chi connectivity index (χ0v) is 18.9. The largest absolute Gasteiger partial charge is 0.493 e. The Balaban J connectivity index is 3.57. The summed E-state index contributed by atoms with van der Waals surface area (Å²) in [5.41, 5.74) is 6.86. The van der Waals surface area contributed by atoms with Gasteiger partial charge in [0.05, 0.1) is 18.2 Å². The van der Waals surface area contributed by atoms with Crippen LogP contribution in [0.3, 0.4) is 0 Å². The van der Waals surface area contributed by atoms with Crippen LogP contribution in [0.1, 0.15) is 52.2 Å². The molecule has 1 aromatic carbocycles. The van der Waals surface area contributed by atoms with Gasteiger partial charge in [-0.15, -0.1) is 0 Å². The number of halogens is 3. The van der Waals surface area contributed by atoms with Crippen LogP contribution in [-0.4, -0.2) is 18.4 Å². The van der Waals surface area contributed by atoms with Gasteiger partial charge in [-0.3, -0.25) is 4.99 Å². The molecule has 0 aliphatic rings. The predicted octanol–water partition coefficient (Wildman–Crippen LogP) is 6.86. The Hall–Kier alpha value is -2.76. The summed E-state index contributed by atoms with van der Waals surface area (Å²) in [4.78, 5) is 4.92. The maximum absolute atomic E-state index is 13.2. The van der Waals surface area contributed by atoms with Crippen LogP contribution in [-0.2, 0) is 6.18 Å². The van der Waals surface area contributed by atoms with Crippen molar-refractivity contribution in [2.75, 3.05) is 6.61 Å². The standard InChI is InChI=1S/C25H33F3N2O/c1-6-9-12-18(4)24(20(11-7-2)13-10-16-29)30-19(5)22-15-14-21(25(26,27)28)17-23(22)31-8-3/h7,9-18,24H,6,8,29H2,1-5H3/b11-7-,12-9+,16-10+,20-13+,30-19?. The molecule has 0 saturated heterocycles. The van der Waals surface area contributed by atoms with Crippen molar-refractivity contribution in [3.8, 4) is 5.75 Å². The highest BCUT2D eigenvalue weighted by Gasteiger charge is 2.31.